The maximum atomic E-state index is 12.4. The molecule has 0 aliphatic carbocycles. The maximum Gasteiger partial charge on any atom is 0.326 e. The van der Waals surface area contributed by atoms with E-state index in [1.54, 1.807) is 25.4 Å². The van der Waals surface area contributed by atoms with E-state index in [1.807, 2.05) is 6.92 Å². The number of rotatable bonds is 10. The number of allylic oxidation sites excluding steroid dienone is 2. The number of carbonyl (C=O) groups excluding carboxylic acids is 3. The van der Waals surface area contributed by atoms with Crippen LogP contribution in [0.15, 0.2) is 54.7 Å². The van der Waals surface area contributed by atoms with Gasteiger partial charge in [-0.15, -0.1) is 0 Å². The Morgan fingerprint density at radius 3 is 2.67 bits per heavy atom. The summed E-state index contributed by atoms with van der Waals surface area (Å²) in [4.78, 5) is 39.6. The summed E-state index contributed by atoms with van der Waals surface area (Å²) in [6.45, 7) is 10.4. The molecule has 0 saturated carbocycles. The van der Waals surface area contributed by atoms with Crippen molar-refractivity contribution in [3.8, 4) is 0 Å². The van der Waals surface area contributed by atoms with Gasteiger partial charge in [-0.2, -0.15) is 0 Å². The molecule has 0 aromatic carbocycles. The predicted molar refractivity (Wildman–Crippen MR) is 156 cm³/mol. The van der Waals surface area contributed by atoms with Crippen LogP contribution >= 0.6 is 0 Å². The first-order valence-corrected chi connectivity index (χ1v) is 14.7. The fourth-order valence-electron chi connectivity index (χ4n) is 5.55. The summed E-state index contributed by atoms with van der Waals surface area (Å²) in [7, 11) is 0. The molecule has 1 spiro atoms. The molecule has 0 radical (unpaired) electrons. The third-order valence-electron chi connectivity index (χ3n) is 7.97. The van der Waals surface area contributed by atoms with Crippen molar-refractivity contribution in [3.63, 3.8) is 0 Å². The van der Waals surface area contributed by atoms with Crippen molar-refractivity contribution in [2.24, 2.45) is 5.92 Å². The van der Waals surface area contributed by atoms with Gasteiger partial charge in [0.15, 0.2) is 0 Å². The van der Waals surface area contributed by atoms with E-state index in [9.17, 15) is 14.4 Å². The van der Waals surface area contributed by atoms with E-state index < -0.39 is 6.10 Å². The molecule has 11 heteroatoms. The zero-order valence-corrected chi connectivity index (χ0v) is 25.2. The molecule has 3 fully saturated rings. The van der Waals surface area contributed by atoms with Gasteiger partial charge in [0.05, 0.1) is 42.7 Å². The fourth-order valence-corrected chi connectivity index (χ4v) is 5.55. The molecular weight excluding hydrogens is 540 g/mol. The SMILES string of the molecule is CC(=O)OC(C)C=CC(=O)N[C@@H]1C[C@H](C)[C@H](C/C=C(C)/C=C/[C@@H]2C[C@]3(CO3)C[C@@H](CNC(=O)n3ccnc3)O2)O[C@@H]1C. The van der Waals surface area contributed by atoms with Gasteiger partial charge in [0.25, 0.3) is 0 Å². The van der Waals surface area contributed by atoms with Crippen molar-refractivity contribution in [1.82, 2.24) is 20.2 Å². The lowest BCUT2D eigenvalue weighted by Crippen LogP contribution is -2.50. The molecule has 8 atom stereocenters. The molecule has 2 N–H and O–H groups in total. The maximum absolute atomic E-state index is 12.4. The molecule has 3 aliphatic rings. The lowest BCUT2D eigenvalue weighted by Gasteiger charge is -2.39. The highest BCUT2D eigenvalue weighted by molar-refractivity contribution is 5.87. The van der Waals surface area contributed by atoms with E-state index in [4.69, 9.17) is 18.9 Å². The lowest BCUT2D eigenvalue weighted by atomic mass is 9.88. The summed E-state index contributed by atoms with van der Waals surface area (Å²) in [6.07, 6.45) is 16.3. The Balaban J connectivity index is 1.23. The fraction of sp³-hybridized carbons (Fsp3) is 0.613. The summed E-state index contributed by atoms with van der Waals surface area (Å²) in [5.41, 5.74) is 0.963. The van der Waals surface area contributed by atoms with Gasteiger partial charge in [0.1, 0.15) is 12.4 Å². The molecule has 1 aromatic rings. The van der Waals surface area contributed by atoms with Crippen LogP contribution in [0.4, 0.5) is 4.79 Å². The Bertz CT molecular complexity index is 1170. The second-order valence-corrected chi connectivity index (χ2v) is 11.8. The van der Waals surface area contributed by atoms with Crippen molar-refractivity contribution in [3.05, 3.63) is 54.7 Å². The van der Waals surface area contributed by atoms with Crippen LogP contribution in [0.3, 0.4) is 0 Å². The van der Waals surface area contributed by atoms with E-state index >= 15 is 0 Å². The molecule has 4 heterocycles. The van der Waals surface area contributed by atoms with Gasteiger partial charge in [-0.25, -0.2) is 9.78 Å². The first kappa shape index (κ1) is 31.7. The molecule has 2 amide bonds. The average molecular weight is 585 g/mol. The second-order valence-electron chi connectivity index (χ2n) is 11.8. The molecule has 3 saturated heterocycles. The summed E-state index contributed by atoms with van der Waals surface area (Å²) in [6, 6.07) is -0.330. The van der Waals surface area contributed by atoms with Crippen LogP contribution in [0.2, 0.25) is 0 Å². The predicted octanol–water partition coefficient (Wildman–Crippen LogP) is 3.46. The highest BCUT2D eigenvalue weighted by atomic mass is 16.6. The standard InChI is InChI=1S/C31H44N4O7/c1-20(6-9-25-15-31(18-39-31)16-26(42-25)17-33-30(38)35-13-12-32-19-35)7-10-28-21(2)14-27(23(4)41-28)34-29(37)11-8-22(3)40-24(5)36/h6-9,11-13,19,21-23,25-28H,10,14-18H2,1-5H3,(H,33,38)(H,34,37)/b9-6+,11-8?,20-7+/t21-,22?,23+,25+,26-,27+,28-,31+/m0/s1. The average Bonchev–Trinajstić information content (AvgIpc) is 3.42. The van der Waals surface area contributed by atoms with E-state index in [1.165, 1.54) is 23.9 Å². The summed E-state index contributed by atoms with van der Waals surface area (Å²) < 4.78 is 24.8. The highest BCUT2D eigenvalue weighted by Crippen LogP contribution is 2.42. The number of esters is 1. The van der Waals surface area contributed by atoms with Gasteiger partial charge < -0.3 is 29.6 Å². The van der Waals surface area contributed by atoms with Crippen LogP contribution in [0.1, 0.15) is 60.3 Å². The van der Waals surface area contributed by atoms with Crippen molar-refractivity contribution in [2.45, 2.75) is 102 Å². The zero-order valence-electron chi connectivity index (χ0n) is 25.2. The summed E-state index contributed by atoms with van der Waals surface area (Å²) >= 11 is 0. The van der Waals surface area contributed by atoms with E-state index in [-0.39, 0.29) is 59.9 Å². The number of hydrogen-bond acceptors (Lipinski definition) is 8. The number of amides is 2. The zero-order chi connectivity index (χ0) is 30.3. The summed E-state index contributed by atoms with van der Waals surface area (Å²) in [5.74, 6) is -0.356. The normalized spacial score (nSPS) is 32.2. The third kappa shape index (κ3) is 9.37. The molecule has 3 aliphatic heterocycles. The molecule has 230 valence electrons. The van der Waals surface area contributed by atoms with Crippen LogP contribution < -0.4 is 10.6 Å². The minimum Gasteiger partial charge on any atom is -0.459 e. The Morgan fingerprint density at radius 1 is 1.19 bits per heavy atom. The van der Waals surface area contributed by atoms with Gasteiger partial charge in [0, 0.05) is 44.8 Å². The van der Waals surface area contributed by atoms with Gasteiger partial charge >= 0.3 is 12.0 Å². The molecule has 0 bridgehead atoms. The van der Waals surface area contributed by atoms with Gasteiger partial charge in [-0.3, -0.25) is 14.2 Å². The van der Waals surface area contributed by atoms with E-state index in [2.05, 4.69) is 47.7 Å². The minimum atomic E-state index is -0.462. The number of ether oxygens (including phenoxy) is 4. The highest BCUT2D eigenvalue weighted by Gasteiger charge is 2.51. The van der Waals surface area contributed by atoms with Crippen molar-refractivity contribution in [2.75, 3.05) is 13.2 Å². The third-order valence-corrected chi connectivity index (χ3v) is 7.97. The van der Waals surface area contributed by atoms with Crippen LogP contribution in [0.25, 0.3) is 0 Å². The first-order valence-electron chi connectivity index (χ1n) is 14.7. The number of hydrogen-bond donors (Lipinski definition) is 2. The molecule has 11 nitrogen and oxygen atoms in total. The first-order chi connectivity index (χ1) is 20.0. The van der Waals surface area contributed by atoms with Gasteiger partial charge in [0.2, 0.25) is 5.91 Å². The van der Waals surface area contributed by atoms with Crippen LogP contribution in [0.5, 0.6) is 0 Å². The van der Waals surface area contributed by atoms with Crippen molar-refractivity contribution < 1.29 is 33.3 Å². The van der Waals surface area contributed by atoms with Crippen LogP contribution in [-0.2, 0) is 28.5 Å². The molecule has 4 rings (SSSR count). The minimum absolute atomic E-state index is 0.0496. The second kappa shape index (κ2) is 14.3. The Morgan fingerprint density at radius 2 is 1.98 bits per heavy atom. The number of nitrogens with one attached hydrogen (secondary N) is 2. The molecule has 1 aromatic heterocycles. The number of imidazole rings is 1. The van der Waals surface area contributed by atoms with E-state index in [0.717, 1.165) is 37.9 Å². The number of nitrogens with zero attached hydrogens (tertiary/aromatic N) is 2. The molecule has 42 heavy (non-hydrogen) atoms. The van der Waals surface area contributed by atoms with E-state index in [0.29, 0.717) is 6.54 Å². The van der Waals surface area contributed by atoms with Crippen LogP contribution in [0, 0.1) is 5.92 Å². The molecule has 1 unspecified atom stereocenters. The van der Waals surface area contributed by atoms with Crippen molar-refractivity contribution in [1.29, 1.82) is 0 Å². The Hall–Kier alpha value is -3.28. The quantitative estimate of drug-likeness (QED) is 0.185. The number of carbonyl (C=O) groups is 3. The number of aromatic nitrogens is 2. The number of epoxide rings is 1. The summed E-state index contributed by atoms with van der Waals surface area (Å²) in [5, 5.41) is 5.93. The molecular formula is C31H44N4O7. The van der Waals surface area contributed by atoms with Crippen molar-refractivity contribution >= 4 is 17.9 Å². The Labute approximate surface area is 247 Å². The smallest absolute Gasteiger partial charge is 0.326 e. The van der Waals surface area contributed by atoms with Gasteiger partial charge in [-0.1, -0.05) is 30.7 Å². The monoisotopic (exact) mass is 584 g/mol. The van der Waals surface area contributed by atoms with Crippen LogP contribution in [-0.4, -0.2) is 82.8 Å². The van der Waals surface area contributed by atoms with Gasteiger partial charge in [-0.05, 0) is 45.6 Å². The Kier molecular flexibility index (Phi) is 10.7. The largest absolute Gasteiger partial charge is 0.459 e. The lowest BCUT2D eigenvalue weighted by molar-refractivity contribution is -0.143. The topological polar surface area (TPSA) is 133 Å².